The monoisotopic (exact) mass is 360 g/mol. The first-order chi connectivity index (χ1) is 12.2. The number of nitrogens with zero attached hydrogens (tertiary/aromatic N) is 3. The van der Waals surface area contributed by atoms with Crippen molar-refractivity contribution in [1.29, 1.82) is 0 Å². The molecule has 2 aliphatic heterocycles. The number of fused-ring (bicyclic) bond motifs is 1. The summed E-state index contributed by atoms with van der Waals surface area (Å²) in [4.78, 5) is 2.53. The van der Waals surface area contributed by atoms with Crippen LogP contribution in [-0.2, 0) is 6.42 Å². The van der Waals surface area contributed by atoms with E-state index >= 15 is 0 Å². The molecule has 2 aliphatic rings. The van der Waals surface area contributed by atoms with Crippen molar-refractivity contribution >= 4 is 17.4 Å². The second-order valence-electron chi connectivity index (χ2n) is 6.85. The molecular formula is C19H25ClN4O. The van der Waals surface area contributed by atoms with Crippen LogP contribution < -0.4 is 10.1 Å². The van der Waals surface area contributed by atoms with Crippen molar-refractivity contribution in [2.24, 2.45) is 0 Å². The predicted octanol–water partition coefficient (Wildman–Crippen LogP) is 3.70. The molecule has 0 spiro atoms. The lowest BCUT2D eigenvalue weighted by atomic mass is 9.92. The molecule has 134 valence electrons. The quantitative estimate of drug-likeness (QED) is 0.902. The Labute approximate surface area is 153 Å². The second kappa shape index (κ2) is 6.89. The van der Waals surface area contributed by atoms with Crippen molar-refractivity contribution in [3.05, 3.63) is 34.5 Å². The molecule has 0 saturated carbocycles. The molecule has 1 N–H and O–H groups in total. The Morgan fingerprint density at radius 1 is 1.40 bits per heavy atom. The maximum Gasteiger partial charge on any atom is 0.144 e. The summed E-state index contributed by atoms with van der Waals surface area (Å²) >= 11 is 6.24. The summed E-state index contributed by atoms with van der Waals surface area (Å²) in [6.07, 6.45) is 3.50. The van der Waals surface area contributed by atoms with Crippen molar-refractivity contribution in [2.45, 2.75) is 32.1 Å². The molecule has 2 aromatic rings. The van der Waals surface area contributed by atoms with Crippen LogP contribution in [0.5, 0.6) is 5.75 Å². The fraction of sp³-hybridized carbons (Fsp3) is 0.526. The summed E-state index contributed by atoms with van der Waals surface area (Å²) in [7, 11) is 1.69. The fourth-order valence-corrected chi connectivity index (χ4v) is 4.26. The first-order valence-electron chi connectivity index (χ1n) is 9.13. The van der Waals surface area contributed by atoms with Gasteiger partial charge in [-0.15, -0.1) is 0 Å². The third-order valence-electron chi connectivity index (χ3n) is 5.39. The summed E-state index contributed by atoms with van der Waals surface area (Å²) in [6.45, 7) is 6.62. The Morgan fingerprint density at radius 3 is 3.08 bits per heavy atom. The topological polar surface area (TPSA) is 42.3 Å². The molecule has 6 heteroatoms. The van der Waals surface area contributed by atoms with E-state index in [9.17, 15) is 0 Å². The lowest BCUT2D eigenvalue weighted by Gasteiger charge is -2.31. The molecule has 0 amide bonds. The van der Waals surface area contributed by atoms with Gasteiger partial charge >= 0.3 is 0 Å². The highest BCUT2D eigenvalue weighted by atomic mass is 35.5. The maximum atomic E-state index is 6.24. The molecule has 5 nitrogen and oxygen atoms in total. The Bertz CT molecular complexity index is 773. The summed E-state index contributed by atoms with van der Waals surface area (Å²) < 4.78 is 7.54. The van der Waals surface area contributed by atoms with Crippen molar-refractivity contribution in [3.8, 4) is 11.4 Å². The molecule has 0 bridgehead atoms. The number of ether oxygens (including phenoxy) is 1. The van der Waals surface area contributed by atoms with Crippen LogP contribution in [0.4, 0.5) is 5.82 Å². The molecule has 4 rings (SSSR count). The van der Waals surface area contributed by atoms with Crippen molar-refractivity contribution in [2.75, 3.05) is 38.6 Å². The van der Waals surface area contributed by atoms with Crippen molar-refractivity contribution in [1.82, 2.24) is 14.7 Å². The number of benzene rings is 1. The minimum atomic E-state index is 0.508. The first kappa shape index (κ1) is 16.7. The van der Waals surface area contributed by atoms with E-state index in [0.29, 0.717) is 10.9 Å². The number of nitrogens with one attached hydrogen (secondary N) is 1. The van der Waals surface area contributed by atoms with E-state index in [0.717, 1.165) is 43.3 Å². The van der Waals surface area contributed by atoms with Crippen LogP contribution in [-0.4, -0.2) is 48.0 Å². The number of aromatic nitrogens is 2. The van der Waals surface area contributed by atoms with E-state index in [1.807, 2.05) is 22.9 Å². The lowest BCUT2D eigenvalue weighted by molar-refractivity contribution is 0.215. The highest BCUT2D eigenvalue weighted by molar-refractivity contribution is 6.30. The minimum absolute atomic E-state index is 0.508. The zero-order valence-electron chi connectivity index (χ0n) is 14.9. The van der Waals surface area contributed by atoms with Gasteiger partial charge in [-0.05, 0) is 50.6 Å². The molecule has 0 aliphatic carbocycles. The first-order valence-corrected chi connectivity index (χ1v) is 9.51. The smallest absolute Gasteiger partial charge is 0.144 e. The predicted molar refractivity (Wildman–Crippen MR) is 101 cm³/mol. The van der Waals surface area contributed by atoms with E-state index in [2.05, 4.69) is 17.1 Å². The summed E-state index contributed by atoms with van der Waals surface area (Å²) in [5.74, 6) is 2.40. The summed E-state index contributed by atoms with van der Waals surface area (Å²) in [6, 6.07) is 5.68. The maximum absolute atomic E-state index is 6.24. The molecule has 1 fully saturated rings. The van der Waals surface area contributed by atoms with E-state index in [1.165, 1.54) is 30.6 Å². The van der Waals surface area contributed by atoms with Crippen LogP contribution in [0.3, 0.4) is 0 Å². The van der Waals surface area contributed by atoms with Gasteiger partial charge in [-0.3, -0.25) is 0 Å². The lowest BCUT2D eigenvalue weighted by Crippen LogP contribution is -2.34. The minimum Gasteiger partial charge on any atom is -0.494 e. The number of halogens is 1. The number of anilines is 1. The van der Waals surface area contributed by atoms with Crippen LogP contribution in [0.25, 0.3) is 5.69 Å². The molecular weight excluding hydrogens is 336 g/mol. The number of piperidine rings is 1. The normalized spacial score (nSPS) is 20.4. The molecule has 0 radical (unpaired) electrons. The number of hydrogen-bond acceptors (Lipinski definition) is 4. The van der Waals surface area contributed by atoms with Crippen molar-refractivity contribution in [3.63, 3.8) is 0 Å². The molecule has 1 unspecified atom stereocenters. The number of likely N-dealkylation sites (N-methyl/N-ethyl adjacent to an activating group) is 1. The number of hydrogen-bond donors (Lipinski definition) is 1. The Morgan fingerprint density at radius 2 is 2.28 bits per heavy atom. The third-order valence-corrected chi connectivity index (χ3v) is 5.63. The van der Waals surface area contributed by atoms with Gasteiger partial charge in [0.05, 0.1) is 12.8 Å². The zero-order valence-corrected chi connectivity index (χ0v) is 15.6. The average molecular weight is 361 g/mol. The van der Waals surface area contributed by atoms with Crippen LogP contribution in [0.15, 0.2) is 18.2 Å². The van der Waals surface area contributed by atoms with Gasteiger partial charge < -0.3 is 15.0 Å². The standard InChI is InChI=1S/C19H25ClN4O/c1-3-23-10-4-5-13(12-23)18-15-8-9-21-19(15)24(22-18)16-11-14(20)6-7-17(16)25-2/h6-7,11,13,21H,3-5,8-10,12H2,1-2H3. The van der Waals surface area contributed by atoms with Crippen LogP contribution in [0.1, 0.15) is 36.9 Å². The molecule has 3 heterocycles. The van der Waals surface area contributed by atoms with E-state index in [4.69, 9.17) is 21.4 Å². The van der Waals surface area contributed by atoms with Gasteiger partial charge in [0.1, 0.15) is 17.3 Å². The van der Waals surface area contributed by atoms with Gasteiger partial charge in [0.25, 0.3) is 0 Å². The summed E-state index contributed by atoms with van der Waals surface area (Å²) in [5, 5.41) is 9.23. The van der Waals surface area contributed by atoms with Crippen LogP contribution in [0.2, 0.25) is 5.02 Å². The Kier molecular flexibility index (Phi) is 4.61. The number of likely N-dealkylation sites (tertiary alicyclic amines) is 1. The fourth-order valence-electron chi connectivity index (χ4n) is 4.10. The van der Waals surface area contributed by atoms with E-state index < -0.39 is 0 Å². The average Bonchev–Trinajstić information content (AvgIpc) is 3.24. The zero-order chi connectivity index (χ0) is 17.4. The Hall–Kier alpha value is -1.72. The molecule has 1 aromatic carbocycles. The van der Waals surface area contributed by atoms with Gasteiger partial charge in [-0.2, -0.15) is 5.10 Å². The second-order valence-corrected chi connectivity index (χ2v) is 7.29. The van der Waals surface area contributed by atoms with Gasteiger partial charge in [0.2, 0.25) is 0 Å². The van der Waals surface area contributed by atoms with Gasteiger partial charge in [0, 0.05) is 29.6 Å². The molecule has 1 atom stereocenters. The van der Waals surface area contributed by atoms with Crippen LogP contribution in [0, 0.1) is 0 Å². The van der Waals surface area contributed by atoms with E-state index in [1.54, 1.807) is 7.11 Å². The van der Waals surface area contributed by atoms with Gasteiger partial charge in [-0.1, -0.05) is 18.5 Å². The molecule has 1 saturated heterocycles. The molecule has 1 aromatic heterocycles. The third kappa shape index (κ3) is 3.00. The largest absolute Gasteiger partial charge is 0.494 e. The molecule has 25 heavy (non-hydrogen) atoms. The number of rotatable bonds is 4. The highest BCUT2D eigenvalue weighted by Gasteiger charge is 2.31. The van der Waals surface area contributed by atoms with Crippen LogP contribution >= 0.6 is 11.6 Å². The SMILES string of the molecule is CCN1CCCC(c2nn(-c3cc(Cl)ccc3OC)c3c2CCN3)C1. The highest BCUT2D eigenvalue weighted by Crippen LogP contribution is 2.38. The van der Waals surface area contributed by atoms with Gasteiger partial charge in [-0.25, -0.2) is 4.68 Å². The number of methoxy groups -OCH3 is 1. The van der Waals surface area contributed by atoms with Gasteiger partial charge in [0.15, 0.2) is 0 Å². The summed E-state index contributed by atoms with van der Waals surface area (Å²) in [5.41, 5.74) is 3.51. The van der Waals surface area contributed by atoms with Crippen molar-refractivity contribution < 1.29 is 4.74 Å². The van der Waals surface area contributed by atoms with E-state index in [-0.39, 0.29) is 0 Å². The Balaban J connectivity index is 1.77.